The van der Waals surface area contributed by atoms with Gasteiger partial charge >= 0.3 is 6.18 Å². The van der Waals surface area contributed by atoms with Crippen LogP contribution >= 0.6 is 0 Å². The van der Waals surface area contributed by atoms with Gasteiger partial charge in [0.25, 0.3) is 5.91 Å². The van der Waals surface area contributed by atoms with Crippen molar-refractivity contribution in [2.75, 3.05) is 20.2 Å². The van der Waals surface area contributed by atoms with Crippen molar-refractivity contribution in [2.45, 2.75) is 74.5 Å². The van der Waals surface area contributed by atoms with Gasteiger partial charge < -0.3 is 30.0 Å². The topological polar surface area (TPSA) is 102 Å². The highest BCUT2D eigenvalue weighted by Crippen LogP contribution is 2.61. The Morgan fingerprint density at radius 1 is 1.11 bits per heavy atom. The van der Waals surface area contributed by atoms with Crippen molar-refractivity contribution >= 4 is 5.91 Å². The van der Waals surface area contributed by atoms with Crippen molar-refractivity contribution in [1.82, 2.24) is 15.6 Å². The number of amides is 1. The number of carbonyl (C=O) groups excluding carboxylic acids is 1. The molecule has 3 N–H and O–H groups in total. The first kappa shape index (κ1) is 30.7. The third-order valence-corrected chi connectivity index (χ3v) is 9.60. The highest BCUT2D eigenvalue weighted by atomic mass is 19.4. The van der Waals surface area contributed by atoms with Crippen LogP contribution in [0.25, 0.3) is 11.3 Å². The molecule has 3 aliphatic carbocycles. The summed E-state index contributed by atoms with van der Waals surface area (Å²) >= 11 is 0. The highest BCUT2D eigenvalue weighted by molar-refractivity contribution is 5.95. The van der Waals surface area contributed by atoms with Crippen LogP contribution in [0, 0.1) is 11.7 Å². The van der Waals surface area contributed by atoms with Gasteiger partial charge in [-0.05, 0) is 93.5 Å². The first-order chi connectivity index (χ1) is 21.9. The summed E-state index contributed by atoms with van der Waals surface area (Å²) < 4.78 is 75.7. The monoisotopic (exact) mass is 641 g/mol. The summed E-state index contributed by atoms with van der Waals surface area (Å²) in [5.74, 6) is 0.219. The third-order valence-electron chi connectivity index (χ3n) is 9.60. The summed E-state index contributed by atoms with van der Waals surface area (Å²) in [6, 6.07) is 11.0. The summed E-state index contributed by atoms with van der Waals surface area (Å²) in [5, 5.41) is 17.2. The lowest BCUT2D eigenvalue weighted by molar-refractivity contribution is -0.265. The van der Waals surface area contributed by atoms with Gasteiger partial charge in [-0.2, -0.15) is 13.2 Å². The van der Waals surface area contributed by atoms with E-state index in [4.69, 9.17) is 14.2 Å². The summed E-state index contributed by atoms with van der Waals surface area (Å²) in [6.45, 7) is 1.37. The van der Waals surface area contributed by atoms with Crippen LogP contribution in [0.3, 0.4) is 0 Å². The van der Waals surface area contributed by atoms with E-state index >= 15 is 0 Å². The Bertz CT molecular complexity index is 1660. The zero-order chi connectivity index (χ0) is 32.4. The molecule has 0 radical (unpaired) electrons. The summed E-state index contributed by atoms with van der Waals surface area (Å²) in [7, 11) is 1.40. The number of hydrogen-bond donors (Lipinski definition) is 3. The SMILES string of the molecule is COc1cc(C(=O)NCC(O)(c2cc3c(c(-c4ccc(F)cc4)n2)OC2C[C@@]32CN[C@@H](C)C2CC2)C(F)(F)F)ccc1OC1CC1. The minimum Gasteiger partial charge on any atom is -0.493 e. The Balaban J connectivity index is 1.22. The molecule has 1 aliphatic heterocycles. The maximum atomic E-state index is 14.9. The van der Waals surface area contributed by atoms with Gasteiger partial charge in [0.05, 0.1) is 30.9 Å². The first-order valence-corrected chi connectivity index (χ1v) is 15.6. The number of halogens is 4. The van der Waals surface area contributed by atoms with Crippen LogP contribution in [0.2, 0.25) is 0 Å². The van der Waals surface area contributed by atoms with Crippen molar-refractivity contribution in [3.05, 3.63) is 71.2 Å². The van der Waals surface area contributed by atoms with Crippen LogP contribution in [-0.2, 0) is 11.0 Å². The van der Waals surface area contributed by atoms with Crippen molar-refractivity contribution in [3.63, 3.8) is 0 Å². The molecular weight excluding hydrogens is 606 g/mol. The zero-order valence-electron chi connectivity index (χ0n) is 25.4. The quantitative estimate of drug-likeness (QED) is 0.228. The Morgan fingerprint density at radius 3 is 2.50 bits per heavy atom. The zero-order valence-corrected chi connectivity index (χ0v) is 25.4. The van der Waals surface area contributed by atoms with Gasteiger partial charge in [0.2, 0.25) is 5.60 Å². The summed E-state index contributed by atoms with van der Waals surface area (Å²) in [5.41, 5.74) is -3.90. The van der Waals surface area contributed by atoms with Gasteiger partial charge in [0.15, 0.2) is 11.5 Å². The molecule has 8 nitrogen and oxygen atoms in total. The molecule has 0 spiro atoms. The molecule has 1 aromatic heterocycles. The number of ether oxygens (including phenoxy) is 3. The van der Waals surface area contributed by atoms with E-state index in [1.165, 1.54) is 55.6 Å². The normalized spacial score (nSPS) is 23.4. The standard InChI is InChI=1S/C34H35F4N3O5/c1-18(19-3-4-19)39-16-32-15-28(32)46-30-24(32)14-27(41-29(30)20-5-8-22(35)9-6-20)33(43,34(36,37)38)17-40-31(42)21-7-12-25(26(13-21)44-2)45-23-10-11-23/h5-9,12-14,18-19,23,28,39,43H,3-4,10-11,15-17H2,1-2H3,(H,40,42)/t18-,28?,32+,33?/m0/s1. The van der Waals surface area contributed by atoms with Crippen molar-refractivity contribution < 1.29 is 41.7 Å². The first-order valence-electron chi connectivity index (χ1n) is 15.6. The molecule has 3 saturated carbocycles. The lowest BCUT2D eigenvalue weighted by Gasteiger charge is -2.31. The van der Waals surface area contributed by atoms with E-state index in [1.54, 1.807) is 0 Å². The second-order valence-electron chi connectivity index (χ2n) is 12.9. The lowest BCUT2D eigenvalue weighted by atomic mass is 9.89. The van der Waals surface area contributed by atoms with E-state index in [-0.39, 0.29) is 35.3 Å². The van der Waals surface area contributed by atoms with E-state index in [1.807, 2.05) is 0 Å². The molecule has 0 saturated heterocycles. The fourth-order valence-electron chi connectivity index (χ4n) is 6.19. The maximum Gasteiger partial charge on any atom is 0.424 e. The molecule has 0 bridgehead atoms. The van der Waals surface area contributed by atoms with Crippen molar-refractivity contribution in [3.8, 4) is 28.5 Å². The van der Waals surface area contributed by atoms with Crippen LogP contribution in [0.15, 0.2) is 48.5 Å². The van der Waals surface area contributed by atoms with Crippen LogP contribution in [0.1, 0.15) is 60.6 Å². The van der Waals surface area contributed by atoms with E-state index in [0.29, 0.717) is 41.5 Å². The molecule has 4 atom stereocenters. The molecule has 3 aromatic rings. The number of nitrogens with zero attached hydrogens (tertiary/aromatic N) is 1. The van der Waals surface area contributed by atoms with E-state index in [0.717, 1.165) is 25.7 Å². The largest absolute Gasteiger partial charge is 0.493 e. The molecular formula is C34H35F4N3O5. The van der Waals surface area contributed by atoms with E-state index in [2.05, 4.69) is 22.5 Å². The number of methoxy groups -OCH3 is 1. The number of benzene rings is 2. The number of fused-ring (bicyclic) bond motifs is 3. The fraction of sp³-hybridized carbons (Fsp3) is 0.471. The van der Waals surface area contributed by atoms with E-state index in [9.17, 15) is 27.5 Å². The molecule has 12 heteroatoms. The third kappa shape index (κ3) is 5.55. The number of carbonyl (C=O) groups is 1. The average molecular weight is 642 g/mol. The Hall–Kier alpha value is -3.90. The number of pyridine rings is 1. The Morgan fingerprint density at radius 2 is 1.85 bits per heavy atom. The molecule has 7 rings (SSSR count). The molecule has 4 aliphatic rings. The van der Waals surface area contributed by atoms with Gasteiger partial charge in [0, 0.05) is 29.3 Å². The van der Waals surface area contributed by atoms with Gasteiger partial charge in [-0.25, -0.2) is 9.37 Å². The van der Waals surface area contributed by atoms with Crippen LogP contribution < -0.4 is 24.8 Å². The van der Waals surface area contributed by atoms with Gasteiger partial charge in [-0.3, -0.25) is 4.79 Å². The Kier molecular flexibility index (Phi) is 7.43. The molecule has 3 fully saturated rings. The predicted molar refractivity (Wildman–Crippen MR) is 159 cm³/mol. The van der Waals surface area contributed by atoms with Gasteiger partial charge in [0.1, 0.15) is 23.4 Å². The molecule has 2 heterocycles. The number of aliphatic hydroxyl groups is 1. The van der Waals surface area contributed by atoms with Crippen molar-refractivity contribution in [2.24, 2.45) is 5.92 Å². The number of nitrogens with one attached hydrogen (secondary N) is 2. The molecule has 46 heavy (non-hydrogen) atoms. The van der Waals surface area contributed by atoms with Crippen LogP contribution in [-0.4, -0.2) is 60.6 Å². The minimum absolute atomic E-state index is 0.0301. The van der Waals surface area contributed by atoms with Crippen molar-refractivity contribution in [1.29, 1.82) is 0 Å². The number of aromatic nitrogens is 1. The van der Waals surface area contributed by atoms with Crippen LogP contribution in [0.4, 0.5) is 17.6 Å². The fourth-order valence-corrected chi connectivity index (χ4v) is 6.19. The maximum absolute atomic E-state index is 14.9. The lowest BCUT2D eigenvalue weighted by Crippen LogP contribution is -2.51. The second-order valence-corrected chi connectivity index (χ2v) is 12.9. The molecule has 1 amide bonds. The number of rotatable bonds is 12. The molecule has 2 unspecified atom stereocenters. The predicted octanol–water partition coefficient (Wildman–Crippen LogP) is 5.41. The summed E-state index contributed by atoms with van der Waals surface area (Å²) in [4.78, 5) is 17.4. The Labute approximate surface area is 263 Å². The van der Waals surface area contributed by atoms with Crippen LogP contribution in [0.5, 0.6) is 17.2 Å². The minimum atomic E-state index is -5.23. The van der Waals surface area contributed by atoms with Gasteiger partial charge in [-0.15, -0.1) is 0 Å². The average Bonchev–Trinajstić information content (AvgIpc) is 3.93. The van der Waals surface area contributed by atoms with Gasteiger partial charge in [-0.1, -0.05) is 0 Å². The number of hydrogen-bond acceptors (Lipinski definition) is 7. The molecule has 244 valence electrons. The summed E-state index contributed by atoms with van der Waals surface area (Å²) in [6.07, 6.45) is -0.737. The second kappa shape index (κ2) is 11.1. The molecule has 2 aromatic carbocycles. The smallest absolute Gasteiger partial charge is 0.424 e. The highest BCUT2D eigenvalue weighted by Gasteiger charge is 2.65. The van der Waals surface area contributed by atoms with E-state index < -0.39 is 41.2 Å². The number of alkyl halides is 3.